The summed E-state index contributed by atoms with van der Waals surface area (Å²) in [5.74, 6) is -2.04. The van der Waals surface area contributed by atoms with Gasteiger partial charge >= 0.3 is 5.97 Å². The molecular weight excluding hydrogens is 579 g/mol. The van der Waals surface area contributed by atoms with Crippen molar-refractivity contribution < 1.29 is 37.9 Å². The van der Waals surface area contributed by atoms with Gasteiger partial charge in [0.05, 0.1) is 31.7 Å². The molecule has 1 aromatic heterocycles. The molecule has 0 fully saturated rings. The van der Waals surface area contributed by atoms with E-state index in [0.29, 0.717) is 34.9 Å². The first-order valence-electron chi connectivity index (χ1n) is 13.6. The van der Waals surface area contributed by atoms with Crippen LogP contribution in [0.1, 0.15) is 43.6 Å². The summed E-state index contributed by atoms with van der Waals surface area (Å²) in [5.41, 5.74) is 1.91. The van der Waals surface area contributed by atoms with Gasteiger partial charge in [0.25, 0.3) is 5.89 Å². The molecule has 3 rings (SSSR count). The molecular formula is C30H35FN4O7S. The number of aromatic nitrogens is 2. The van der Waals surface area contributed by atoms with E-state index in [0.717, 1.165) is 5.56 Å². The number of nitrogens with one attached hydrogen (secondary N) is 2. The normalized spacial score (nSPS) is 13.0. The summed E-state index contributed by atoms with van der Waals surface area (Å²) in [6.45, 7) is 5.31. The van der Waals surface area contributed by atoms with Crippen LogP contribution in [0.3, 0.4) is 0 Å². The van der Waals surface area contributed by atoms with Crippen LogP contribution in [0.4, 0.5) is 4.39 Å². The molecule has 0 bridgehead atoms. The number of hydrogen-bond acceptors (Lipinski definition) is 9. The van der Waals surface area contributed by atoms with Crippen molar-refractivity contribution in [3.8, 4) is 17.2 Å². The Morgan fingerprint density at radius 3 is 2.44 bits per heavy atom. The van der Waals surface area contributed by atoms with Gasteiger partial charge in [-0.25, -0.2) is 4.39 Å². The average Bonchev–Trinajstić information content (AvgIpc) is 3.41. The average molecular weight is 615 g/mol. The lowest BCUT2D eigenvalue weighted by Crippen LogP contribution is -2.55. The predicted octanol–water partition coefficient (Wildman–Crippen LogP) is 3.73. The highest BCUT2D eigenvalue weighted by molar-refractivity contribution is 7.99. The van der Waals surface area contributed by atoms with Crippen molar-refractivity contribution in [3.05, 3.63) is 65.2 Å². The van der Waals surface area contributed by atoms with Gasteiger partial charge in [0.15, 0.2) is 11.6 Å². The summed E-state index contributed by atoms with van der Waals surface area (Å²) in [4.78, 5) is 55.2. The number of methoxy groups -OCH3 is 1. The number of thioether (sulfide) groups is 1. The highest BCUT2D eigenvalue weighted by Gasteiger charge is 2.31. The zero-order valence-corrected chi connectivity index (χ0v) is 25.2. The number of rotatable bonds is 16. The first kappa shape index (κ1) is 33.2. The first-order valence-corrected chi connectivity index (χ1v) is 14.8. The van der Waals surface area contributed by atoms with Crippen molar-refractivity contribution in [1.29, 1.82) is 0 Å². The van der Waals surface area contributed by atoms with Gasteiger partial charge in [-0.1, -0.05) is 37.6 Å². The molecule has 43 heavy (non-hydrogen) atoms. The van der Waals surface area contributed by atoms with Gasteiger partial charge in [0.1, 0.15) is 17.6 Å². The number of carbonyl (C=O) groups excluding carboxylic acids is 3. The topological polar surface area (TPSA) is 161 Å². The van der Waals surface area contributed by atoms with Crippen LogP contribution >= 0.6 is 11.8 Å². The molecule has 0 aliphatic carbocycles. The number of benzene rings is 2. The number of halogens is 1. The quantitative estimate of drug-likeness (QED) is 0.217. The van der Waals surface area contributed by atoms with E-state index in [1.807, 2.05) is 6.92 Å². The number of ether oxygens (including phenoxy) is 1. The van der Waals surface area contributed by atoms with E-state index in [1.54, 1.807) is 44.2 Å². The lowest BCUT2D eigenvalue weighted by atomic mass is 9.97. The van der Waals surface area contributed by atoms with Crippen LogP contribution in [0.5, 0.6) is 5.75 Å². The van der Waals surface area contributed by atoms with E-state index in [2.05, 4.69) is 20.8 Å². The molecule has 1 heterocycles. The van der Waals surface area contributed by atoms with Crippen LogP contribution in [0.2, 0.25) is 0 Å². The van der Waals surface area contributed by atoms with E-state index in [-0.39, 0.29) is 29.8 Å². The van der Waals surface area contributed by atoms with Gasteiger partial charge in [0, 0.05) is 16.9 Å². The van der Waals surface area contributed by atoms with Gasteiger partial charge in [0.2, 0.25) is 11.8 Å². The molecule has 2 aromatic carbocycles. The lowest BCUT2D eigenvalue weighted by molar-refractivity contribution is -0.140. The number of aliphatic carboxylic acids is 1. The molecule has 3 N–H and O–H groups in total. The summed E-state index contributed by atoms with van der Waals surface area (Å²) in [7, 11) is 1.47. The standard InChI is InChI=1S/C30H35FN4O7S/c1-5-17(2)28(34-26(37)13-21-12-20(8-11-25(21)41-4)30-32-18(3)35-42-30)29(40)33-23(14-27(38)39)24(36)16-43-15-19-6-9-22(31)10-7-19/h6-12,17,23,28H,5,13-16H2,1-4H3,(H,33,40)(H,34,37)(H,38,39). The first-order chi connectivity index (χ1) is 20.5. The summed E-state index contributed by atoms with van der Waals surface area (Å²) >= 11 is 1.23. The van der Waals surface area contributed by atoms with E-state index >= 15 is 0 Å². The van der Waals surface area contributed by atoms with Crippen molar-refractivity contribution in [1.82, 2.24) is 20.8 Å². The maximum atomic E-state index is 13.4. The molecule has 13 heteroatoms. The second kappa shape index (κ2) is 15.8. The Morgan fingerprint density at radius 1 is 1.12 bits per heavy atom. The second-order valence-corrected chi connectivity index (χ2v) is 11.0. The number of hydrogen-bond donors (Lipinski definition) is 3. The number of ketones is 1. The molecule has 0 radical (unpaired) electrons. The zero-order valence-electron chi connectivity index (χ0n) is 24.4. The minimum atomic E-state index is -1.29. The fraction of sp³-hybridized carbons (Fsp3) is 0.400. The Balaban J connectivity index is 1.69. The van der Waals surface area contributed by atoms with Gasteiger partial charge in [-0.3, -0.25) is 19.2 Å². The van der Waals surface area contributed by atoms with Crippen LogP contribution in [-0.4, -0.2) is 63.8 Å². The zero-order chi connectivity index (χ0) is 31.5. The van der Waals surface area contributed by atoms with Crippen molar-refractivity contribution >= 4 is 35.3 Å². The fourth-order valence-electron chi connectivity index (χ4n) is 4.20. The van der Waals surface area contributed by atoms with Crippen molar-refractivity contribution in [2.24, 2.45) is 5.92 Å². The Labute approximate surface area is 253 Å². The Kier molecular flexibility index (Phi) is 12.2. The summed E-state index contributed by atoms with van der Waals surface area (Å²) in [5, 5.41) is 18.5. The van der Waals surface area contributed by atoms with Crippen LogP contribution in [0.25, 0.3) is 11.5 Å². The Morgan fingerprint density at radius 2 is 1.84 bits per heavy atom. The number of Topliss-reactive ketones (excluding diaryl/α,β-unsaturated/α-hetero) is 1. The molecule has 0 aliphatic rings. The number of carbonyl (C=O) groups is 4. The molecule has 3 unspecified atom stereocenters. The van der Waals surface area contributed by atoms with Crippen molar-refractivity contribution in [2.75, 3.05) is 12.9 Å². The van der Waals surface area contributed by atoms with Crippen molar-refractivity contribution in [2.45, 2.75) is 57.9 Å². The molecule has 230 valence electrons. The van der Waals surface area contributed by atoms with Crippen LogP contribution in [0.15, 0.2) is 47.0 Å². The van der Waals surface area contributed by atoms with Gasteiger partial charge in [-0.05, 0) is 48.7 Å². The minimum absolute atomic E-state index is 0.0638. The number of carboxylic acid groups (broad SMARTS) is 1. The maximum Gasteiger partial charge on any atom is 0.305 e. The van der Waals surface area contributed by atoms with E-state index in [4.69, 9.17) is 9.26 Å². The molecule has 3 aromatic rings. The highest BCUT2D eigenvalue weighted by Crippen LogP contribution is 2.26. The number of aryl methyl sites for hydroxylation is 1. The number of amides is 2. The summed E-state index contributed by atoms with van der Waals surface area (Å²) in [6, 6.07) is 8.60. The van der Waals surface area contributed by atoms with Crippen LogP contribution < -0.4 is 15.4 Å². The molecule has 0 spiro atoms. The third-order valence-corrected chi connectivity index (χ3v) is 7.75. The molecule has 3 atom stereocenters. The second-order valence-electron chi connectivity index (χ2n) is 10.0. The molecule has 0 saturated heterocycles. The third-order valence-electron chi connectivity index (χ3n) is 6.73. The Bertz CT molecular complexity index is 1430. The van der Waals surface area contributed by atoms with Crippen LogP contribution in [0, 0.1) is 18.7 Å². The van der Waals surface area contributed by atoms with E-state index in [1.165, 1.54) is 31.0 Å². The molecule has 0 saturated carbocycles. The lowest BCUT2D eigenvalue weighted by Gasteiger charge is -2.26. The predicted molar refractivity (Wildman–Crippen MR) is 158 cm³/mol. The summed E-state index contributed by atoms with van der Waals surface area (Å²) < 4.78 is 23.8. The van der Waals surface area contributed by atoms with Gasteiger partial charge < -0.3 is 25.0 Å². The number of carboxylic acids is 1. The Hall–Kier alpha value is -4.26. The fourth-order valence-corrected chi connectivity index (χ4v) is 5.13. The monoisotopic (exact) mass is 614 g/mol. The highest BCUT2D eigenvalue weighted by atomic mass is 32.2. The molecule has 11 nitrogen and oxygen atoms in total. The third kappa shape index (κ3) is 9.91. The van der Waals surface area contributed by atoms with Gasteiger partial charge in [-0.2, -0.15) is 4.98 Å². The minimum Gasteiger partial charge on any atom is -0.496 e. The summed E-state index contributed by atoms with van der Waals surface area (Å²) in [6.07, 6.45) is -0.220. The smallest absolute Gasteiger partial charge is 0.305 e. The van der Waals surface area contributed by atoms with E-state index in [9.17, 15) is 28.7 Å². The number of nitrogens with zero attached hydrogens (tertiary/aromatic N) is 2. The van der Waals surface area contributed by atoms with E-state index < -0.39 is 42.1 Å². The largest absolute Gasteiger partial charge is 0.496 e. The van der Waals surface area contributed by atoms with Crippen LogP contribution in [-0.2, 0) is 31.4 Å². The SMILES string of the molecule is CCC(C)C(NC(=O)Cc1cc(-c2nc(C)no2)ccc1OC)C(=O)NC(CC(=O)O)C(=O)CSCc1ccc(F)cc1. The molecule has 2 amide bonds. The maximum absolute atomic E-state index is 13.4. The molecule has 0 aliphatic heterocycles. The van der Waals surface area contributed by atoms with Gasteiger partial charge in [-0.15, -0.1) is 11.8 Å². The van der Waals surface area contributed by atoms with Crippen molar-refractivity contribution in [3.63, 3.8) is 0 Å².